The van der Waals surface area contributed by atoms with Crippen molar-refractivity contribution in [2.24, 2.45) is 0 Å². The van der Waals surface area contributed by atoms with Crippen LogP contribution in [-0.4, -0.2) is 37.5 Å². The molecule has 4 atom stereocenters. The normalized spacial score (nSPS) is 27.1. The van der Waals surface area contributed by atoms with Crippen LogP contribution in [0.1, 0.15) is 83.5 Å². The molecule has 0 bridgehead atoms. The number of esters is 1. The van der Waals surface area contributed by atoms with Crippen molar-refractivity contribution in [1.82, 2.24) is 0 Å². The van der Waals surface area contributed by atoms with Gasteiger partial charge in [-0.25, -0.2) is 9.78 Å². The highest BCUT2D eigenvalue weighted by atomic mass is 17.2. The van der Waals surface area contributed by atoms with E-state index in [-0.39, 0.29) is 30.7 Å². The van der Waals surface area contributed by atoms with E-state index in [1.165, 1.54) is 32.8 Å². The van der Waals surface area contributed by atoms with Gasteiger partial charge >= 0.3 is 5.97 Å². The molecule has 2 heterocycles. The first-order valence-electron chi connectivity index (χ1n) is 11.7. The summed E-state index contributed by atoms with van der Waals surface area (Å²) in [6, 6.07) is 0. The Balaban J connectivity index is 1.46. The lowest BCUT2D eigenvalue weighted by atomic mass is 10.0. The van der Waals surface area contributed by atoms with Gasteiger partial charge in [0.05, 0.1) is 25.7 Å². The van der Waals surface area contributed by atoms with Gasteiger partial charge in [-0.3, -0.25) is 4.79 Å². The van der Waals surface area contributed by atoms with Gasteiger partial charge in [-0.2, -0.15) is 0 Å². The van der Waals surface area contributed by atoms with Crippen molar-refractivity contribution in [2.45, 2.75) is 108 Å². The summed E-state index contributed by atoms with van der Waals surface area (Å²) in [5, 5.41) is 0. The second-order valence-electron chi connectivity index (χ2n) is 8.30. The number of methoxy groups -OCH3 is 1. The third kappa shape index (κ3) is 10.1. The highest BCUT2D eigenvalue weighted by molar-refractivity contribution is 5.69. The zero-order valence-electron chi connectivity index (χ0n) is 18.6. The summed E-state index contributed by atoms with van der Waals surface area (Å²) in [6.45, 7) is 3.72. The summed E-state index contributed by atoms with van der Waals surface area (Å²) in [5.41, 5.74) is 0. The van der Waals surface area contributed by atoms with Gasteiger partial charge in [0.1, 0.15) is 12.2 Å². The molecule has 2 saturated heterocycles. The number of carbonyl (C=O) groups excluding carboxylic acids is 1. The summed E-state index contributed by atoms with van der Waals surface area (Å²) < 4.78 is 10.9. The number of hydrogen-bond acceptors (Lipinski definition) is 5. The average Bonchev–Trinajstić information content (AvgIpc) is 3.24. The first kappa shape index (κ1) is 24.8. The molecule has 0 aromatic rings. The molecule has 2 fully saturated rings. The Morgan fingerprint density at radius 2 is 1.63 bits per heavy atom. The zero-order valence-corrected chi connectivity index (χ0v) is 18.6. The monoisotopic (exact) mass is 420 g/mol. The number of unbranched alkanes of at least 4 members (excludes halogenated alkanes) is 5. The third-order valence-electron chi connectivity index (χ3n) is 5.83. The van der Waals surface area contributed by atoms with E-state index in [1.807, 2.05) is 6.08 Å². The fraction of sp³-hybridized carbons (Fsp3) is 0.720. The Morgan fingerprint density at radius 3 is 2.37 bits per heavy atom. The maximum Gasteiger partial charge on any atom is 0.308 e. The molecule has 2 rings (SSSR count). The minimum atomic E-state index is -0.258. The molecule has 2 aliphatic heterocycles. The predicted octanol–water partition coefficient (Wildman–Crippen LogP) is 6.00. The maximum atomic E-state index is 11.3. The fourth-order valence-electron chi connectivity index (χ4n) is 4.02. The van der Waals surface area contributed by atoms with Crippen molar-refractivity contribution in [1.29, 1.82) is 0 Å². The SMILES string of the molecule is C=CCC/C=C\C=C/CCCCCC[C@H]1CC[C@@H]([C@H]2CC[C@@H](CC(=O)OC)OO2)O1. The molecule has 0 radical (unpaired) electrons. The molecule has 2 aliphatic rings. The van der Waals surface area contributed by atoms with E-state index in [0.29, 0.717) is 6.10 Å². The first-order valence-corrected chi connectivity index (χ1v) is 11.7. The predicted molar refractivity (Wildman–Crippen MR) is 119 cm³/mol. The maximum absolute atomic E-state index is 11.3. The minimum Gasteiger partial charge on any atom is -0.469 e. The standard InChI is InChI=1S/C25H40O5/c1-3-4-5-6-7-8-9-10-11-12-13-14-15-21-16-18-23(28-21)24-19-17-22(29-30-24)20-25(26)27-2/h3,6-9,21-24H,1,4-5,10-20H2,2H3/b7-6-,9-8-/t21-,22-,23-,24+/m0/s1. The summed E-state index contributed by atoms with van der Waals surface area (Å²) in [6.07, 6.45) is 24.5. The number of carbonyl (C=O) groups is 1. The summed E-state index contributed by atoms with van der Waals surface area (Å²) in [7, 11) is 1.39. The molecule has 5 nitrogen and oxygen atoms in total. The third-order valence-corrected chi connectivity index (χ3v) is 5.83. The van der Waals surface area contributed by atoms with E-state index in [1.54, 1.807) is 0 Å². The van der Waals surface area contributed by atoms with Crippen LogP contribution in [-0.2, 0) is 24.0 Å². The van der Waals surface area contributed by atoms with Crippen molar-refractivity contribution < 1.29 is 24.0 Å². The number of ether oxygens (including phenoxy) is 2. The molecule has 0 N–H and O–H groups in total. The fourth-order valence-corrected chi connectivity index (χ4v) is 4.02. The molecule has 0 aromatic carbocycles. The second-order valence-corrected chi connectivity index (χ2v) is 8.30. The molecule has 5 heteroatoms. The van der Waals surface area contributed by atoms with Gasteiger partial charge in [0.2, 0.25) is 0 Å². The number of rotatable bonds is 14. The largest absolute Gasteiger partial charge is 0.469 e. The van der Waals surface area contributed by atoms with Gasteiger partial charge in [-0.1, -0.05) is 49.6 Å². The molecule has 30 heavy (non-hydrogen) atoms. The number of hydrogen-bond donors (Lipinski definition) is 0. The van der Waals surface area contributed by atoms with Crippen LogP contribution in [0.3, 0.4) is 0 Å². The van der Waals surface area contributed by atoms with Crippen LogP contribution in [0.5, 0.6) is 0 Å². The molecular weight excluding hydrogens is 380 g/mol. The molecule has 0 aliphatic carbocycles. The minimum absolute atomic E-state index is 0.0125. The molecule has 0 saturated carbocycles. The lowest BCUT2D eigenvalue weighted by Crippen LogP contribution is -2.37. The van der Waals surface area contributed by atoms with Crippen molar-refractivity contribution in [3.63, 3.8) is 0 Å². The van der Waals surface area contributed by atoms with E-state index in [0.717, 1.165) is 51.4 Å². The van der Waals surface area contributed by atoms with E-state index in [9.17, 15) is 4.79 Å². The van der Waals surface area contributed by atoms with E-state index < -0.39 is 0 Å². The lowest BCUT2D eigenvalue weighted by Gasteiger charge is -2.30. The molecule has 0 amide bonds. The lowest BCUT2D eigenvalue weighted by molar-refractivity contribution is -0.385. The molecule has 0 unspecified atom stereocenters. The van der Waals surface area contributed by atoms with Crippen LogP contribution in [0.15, 0.2) is 37.0 Å². The van der Waals surface area contributed by atoms with Gasteiger partial charge < -0.3 is 9.47 Å². The van der Waals surface area contributed by atoms with Crippen LogP contribution in [0, 0.1) is 0 Å². The molecule has 0 spiro atoms. The smallest absolute Gasteiger partial charge is 0.308 e. The summed E-state index contributed by atoms with van der Waals surface area (Å²) >= 11 is 0. The number of allylic oxidation sites excluding steroid dienone is 5. The quantitative estimate of drug-likeness (QED) is 0.113. The van der Waals surface area contributed by atoms with Gasteiger partial charge in [-0.15, -0.1) is 6.58 Å². The Bertz CT molecular complexity index is 534. The highest BCUT2D eigenvalue weighted by Gasteiger charge is 2.36. The van der Waals surface area contributed by atoms with Gasteiger partial charge in [0.15, 0.2) is 0 Å². The van der Waals surface area contributed by atoms with Crippen molar-refractivity contribution >= 4 is 5.97 Å². The van der Waals surface area contributed by atoms with Crippen LogP contribution in [0.2, 0.25) is 0 Å². The summed E-state index contributed by atoms with van der Waals surface area (Å²) in [5.74, 6) is -0.258. The molecule has 170 valence electrons. The first-order chi connectivity index (χ1) is 14.7. The highest BCUT2D eigenvalue weighted by Crippen LogP contribution is 2.32. The Morgan fingerprint density at radius 1 is 0.900 bits per heavy atom. The van der Waals surface area contributed by atoms with Crippen molar-refractivity contribution in [3.8, 4) is 0 Å². The zero-order chi connectivity index (χ0) is 21.4. The molecular formula is C25H40O5. The van der Waals surface area contributed by atoms with Crippen LogP contribution in [0.25, 0.3) is 0 Å². The topological polar surface area (TPSA) is 54.0 Å². The van der Waals surface area contributed by atoms with Crippen LogP contribution in [0.4, 0.5) is 0 Å². The Kier molecular flexibility index (Phi) is 12.7. The van der Waals surface area contributed by atoms with E-state index >= 15 is 0 Å². The van der Waals surface area contributed by atoms with Gasteiger partial charge in [-0.05, 0) is 57.8 Å². The van der Waals surface area contributed by atoms with Crippen LogP contribution >= 0.6 is 0 Å². The second kappa shape index (κ2) is 15.4. The Hall–Kier alpha value is -1.43. The van der Waals surface area contributed by atoms with Gasteiger partial charge in [0, 0.05) is 0 Å². The average molecular weight is 421 g/mol. The van der Waals surface area contributed by atoms with Crippen LogP contribution < -0.4 is 0 Å². The van der Waals surface area contributed by atoms with E-state index in [2.05, 4.69) is 35.6 Å². The molecule has 0 aromatic heterocycles. The van der Waals surface area contributed by atoms with Gasteiger partial charge in [0.25, 0.3) is 0 Å². The van der Waals surface area contributed by atoms with Crippen molar-refractivity contribution in [2.75, 3.05) is 7.11 Å². The van der Waals surface area contributed by atoms with E-state index in [4.69, 9.17) is 14.5 Å². The summed E-state index contributed by atoms with van der Waals surface area (Å²) in [4.78, 5) is 22.3. The van der Waals surface area contributed by atoms with Crippen molar-refractivity contribution in [3.05, 3.63) is 37.0 Å². The Labute approximate surface area is 182 Å².